The molecule has 4 nitrogen and oxygen atoms in total. The normalized spacial score (nSPS) is 11.9. The largest absolute Gasteiger partial charge is 0.469 e. The molecule has 0 bridgehead atoms. The summed E-state index contributed by atoms with van der Waals surface area (Å²) >= 11 is 0. The van der Waals surface area contributed by atoms with Crippen LogP contribution >= 0.6 is 0 Å². The van der Waals surface area contributed by atoms with Crippen molar-refractivity contribution < 1.29 is 4.74 Å². The van der Waals surface area contributed by atoms with E-state index in [0.29, 0.717) is 0 Å². The summed E-state index contributed by atoms with van der Waals surface area (Å²) < 4.78 is 5.43. The molecule has 0 aliphatic rings. The third-order valence-electron chi connectivity index (χ3n) is 1.66. The predicted molar refractivity (Wildman–Crippen MR) is 57.1 cm³/mol. The van der Waals surface area contributed by atoms with Crippen molar-refractivity contribution in [1.29, 1.82) is 0 Å². The SMILES string of the molecule is Cc1ccc(OC(C)N=C(N)N)cc1. The minimum absolute atomic E-state index is 0.0320. The van der Waals surface area contributed by atoms with E-state index < -0.39 is 0 Å². The molecule has 0 heterocycles. The molecule has 0 radical (unpaired) electrons. The maximum Gasteiger partial charge on any atom is 0.190 e. The van der Waals surface area contributed by atoms with Crippen LogP contribution in [-0.2, 0) is 0 Å². The van der Waals surface area contributed by atoms with Crippen LogP contribution in [0.2, 0.25) is 0 Å². The summed E-state index contributed by atoms with van der Waals surface area (Å²) in [4.78, 5) is 3.85. The summed E-state index contributed by atoms with van der Waals surface area (Å²) in [5, 5.41) is 0. The van der Waals surface area contributed by atoms with Gasteiger partial charge in [-0.25, -0.2) is 4.99 Å². The van der Waals surface area contributed by atoms with Crippen LogP contribution in [0.4, 0.5) is 0 Å². The van der Waals surface area contributed by atoms with Crippen molar-refractivity contribution >= 4 is 5.96 Å². The van der Waals surface area contributed by atoms with E-state index in [2.05, 4.69) is 4.99 Å². The van der Waals surface area contributed by atoms with Crippen LogP contribution in [0.15, 0.2) is 29.3 Å². The summed E-state index contributed by atoms with van der Waals surface area (Å²) in [6, 6.07) is 7.71. The number of hydrogen-bond acceptors (Lipinski definition) is 2. The quantitative estimate of drug-likeness (QED) is 0.555. The molecule has 0 fully saturated rings. The highest BCUT2D eigenvalue weighted by atomic mass is 16.5. The Balaban J connectivity index is 2.61. The molecule has 1 atom stereocenters. The number of hydrogen-bond donors (Lipinski definition) is 2. The van der Waals surface area contributed by atoms with Gasteiger partial charge in [0, 0.05) is 0 Å². The Morgan fingerprint density at radius 3 is 2.36 bits per heavy atom. The van der Waals surface area contributed by atoms with E-state index in [1.165, 1.54) is 5.56 Å². The van der Waals surface area contributed by atoms with E-state index in [0.717, 1.165) is 5.75 Å². The number of nitrogens with zero attached hydrogens (tertiary/aromatic N) is 1. The van der Waals surface area contributed by atoms with Gasteiger partial charge in [0.15, 0.2) is 12.2 Å². The van der Waals surface area contributed by atoms with E-state index in [4.69, 9.17) is 16.2 Å². The van der Waals surface area contributed by atoms with Crippen LogP contribution in [0, 0.1) is 6.92 Å². The van der Waals surface area contributed by atoms with Gasteiger partial charge in [0.1, 0.15) is 5.75 Å². The fraction of sp³-hybridized carbons (Fsp3) is 0.300. The van der Waals surface area contributed by atoms with E-state index in [1.807, 2.05) is 31.2 Å². The number of rotatable bonds is 3. The van der Waals surface area contributed by atoms with Crippen molar-refractivity contribution in [2.45, 2.75) is 20.1 Å². The summed E-state index contributed by atoms with van der Waals surface area (Å²) in [6.45, 7) is 3.79. The van der Waals surface area contributed by atoms with Gasteiger partial charge in [-0.05, 0) is 26.0 Å². The molecule has 1 aromatic carbocycles. The van der Waals surface area contributed by atoms with Crippen molar-refractivity contribution in [3.05, 3.63) is 29.8 Å². The Labute approximate surface area is 83.6 Å². The Morgan fingerprint density at radius 2 is 1.86 bits per heavy atom. The lowest BCUT2D eigenvalue weighted by atomic mass is 10.2. The Kier molecular flexibility index (Phi) is 3.34. The molecule has 4 N–H and O–H groups in total. The molecule has 0 aromatic heterocycles. The van der Waals surface area contributed by atoms with E-state index in [1.54, 1.807) is 6.92 Å². The standard InChI is InChI=1S/C10H15N3O/c1-7-3-5-9(6-4-7)14-8(2)13-10(11)12/h3-6,8H,1-2H3,(H4,11,12,13). The molecule has 4 heteroatoms. The average Bonchev–Trinajstić information content (AvgIpc) is 2.07. The van der Waals surface area contributed by atoms with Gasteiger partial charge in [0.05, 0.1) is 0 Å². The lowest BCUT2D eigenvalue weighted by Gasteiger charge is -2.10. The van der Waals surface area contributed by atoms with E-state index in [9.17, 15) is 0 Å². The zero-order valence-corrected chi connectivity index (χ0v) is 8.40. The van der Waals surface area contributed by atoms with Crippen molar-refractivity contribution in [1.82, 2.24) is 0 Å². The maximum absolute atomic E-state index is 5.43. The first kappa shape index (κ1) is 10.4. The van der Waals surface area contributed by atoms with Crippen LogP contribution < -0.4 is 16.2 Å². The topological polar surface area (TPSA) is 73.6 Å². The minimum atomic E-state index is -0.359. The Bertz CT molecular complexity index is 315. The predicted octanol–water partition coefficient (Wildman–Crippen LogP) is 0.993. The molecule has 0 aliphatic heterocycles. The van der Waals surface area contributed by atoms with Gasteiger partial charge in [0.25, 0.3) is 0 Å². The first-order valence-electron chi connectivity index (χ1n) is 4.40. The molecule has 76 valence electrons. The second-order valence-corrected chi connectivity index (χ2v) is 3.08. The van der Waals surface area contributed by atoms with Gasteiger partial charge in [0.2, 0.25) is 0 Å². The molecule has 0 spiro atoms. The third-order valence-corrected chi connectivity index (χ3v) is 1.66. The highest BCUT2D eigenvalue weighted by Gasteiger charge is 2.00. The zero-order valence-electron chi connectivity index (χ0n) is 8.40. The van der Waals surface area contributed by atoms with Crippen LogP contribution in [0.1, 0.15) is 12.5 Å². The van der Waals surface area contributed by atoms with Crippen molar-refractivity contribution in [3.8, 4) is 5.75 Å². The van der Waals surface area contributed by atoms with Crippen LogP contribution in [-0.4, -0.2) is 12.2 Å². The zero-order chi connectivity index (χ0) is 10.6. The number of ether oxygens (including phenoxy) is 1. The Morgan fingerprint density at radius 1 is 1.29 bits per heavy atom. The van der Waals surface area contributed by atoms with Crippen LogP contribution in [0.3, 0.4) is 0 Å². The molecule has 0 saturated heterocycles. The van der Waals surface area contributed by atoms with Crippen molar-refractivity contribution in [3.63, 3.8) is 0 Å². The van der Waals surface area contributed by atoms with Gasteiger partial charge in [-0.1, -0.05) is 17.7 Å². The van der Waals surface area contributed by atoms with Crippen LogP contribution in [0.5, 0.6) is 5.75 Å². The fourth-order valence-electron chi connectivity index (χ4n) is 1.05. The van der Waals surface area contributed by atoms with E-state index >= 15 is 0 Å². The van der Waals surface area contributed by atoms with Gasteiger partial charge < -0.3 is 16.2 Å². The first-order valence-corrected chi connectivity index (χ1v) is 4.40. The monoisotopic (exact) mass is 193 g/mol. The molecule has 0 saturated carbocycles. The first-order chi connectivity index (χ1) is 6.58. The summed E-state index contributed by atoms with van der Waals surface area (Å²) in [5.41, 5.74) is 11.6. The second-order valence-electron chi connectivity index (χ2n) is 3.08. The number of aliphatic imine (C=N–C) groups is 1. The number of aryl methyl sites for hydroxylation is 1. The minimum Gasteiger partial charge on any atom is -0.469 e. The molecular weight excluding hydrogens is 178 g/mol. The smallest absolute Gasteiger partial charge is 0.190 e. The molecular formula is C10H15N3O. The highest BCUT2D eigenvalue weighted by Crippen LogP contribution is 2.13. The summed E-state index contributed by atoms with van der Waals surface area (Å²) in [6.07, 6.45) is -0.359. The second kappa shape index (κ2) is 4.50. The summed E-state index contributed by atoms with van der Waals surface area (Å²) in [5.74, 6) is 0.790. The number of nitrogens with two attached hydrogens (primary N) is 2. The fourth-order valence-corrected chi connectivity index (χ4v) is 1.05. The highest BCUT2D eigenvalue weighted by molar-refractivity contribution is 5.75. The van der Waals surface area contributed by atoms with Gasteiger partial charge >= 0.3 is 0 Å². The van der Waals surface area contributed by atoms with Crippen molar-refractivity contribution in [2.24, 2.45) is 16.5 Å². The molecule has 1 aromatic rings. The van der Waals surface area contributed by atoms with Crippen molar-refractivity contribution in [2.75, 3.05) is 0 Å². The molecule has 1 unspecified atom stereocenters. The third kappa shape index (κ3) is 3.35. The number of benzene rings is 1. The Hall–Kier alpha value is -1.71. The maximum atomic E-state index is 5.43. The lowest BCUT2D eigenvalue weighted by molar-refractivity contribution is 0.232. The molecule has 1 rings (SSSR count). The number of guanidine groups is 1. The average molecular weight is 193 g/mol. The lowest BCUT2D eigenvalue weighted by Crippen LogP contribution is -2.26. The molecule has 0 aliphatic carbocycles. The molecule has 14 heavy (non-hydrogen) atoms. The molecule has 0 amide bonds. The van der Waals surface area contributed by atoms with Gasteiger partial charge in [-0.3, -0.25) is 0 Å². The summed E-state index contributed by atoms with van der Waals surface area (Å²) in [7, 11) is 0. The van der Waals surface area contributed by atoms with E-state index in [-0.39, 0.29) is 12.2 Å². The van der Waals surface area contributed by atoms with Crippen LogP contribution in [0.25, 0.3) is 0 Å². The van der Waals surface area contributed by atoms with Gasteiger partial charge in [-0.15, -0.1) is 0 Å². The van der Waals surface area contributed by atoms with Gasteiger partial charge in [-0.2, -0.15) is 0 Å².